The third-order valence-corrected chi connectivity index (χ3v) is 4.73. The van der Waals surface area contributed by atoms with E-state index in [1.807, 2.05) is 6.07 Å². The number of hydrogen-bond donors (Lipinski definition) is 1. The zero-order valence-electron chi connectivity index (χ0n) is 14.6. The highest BCUT2D eigenvalue weighted by molar-refractivity contribution is 6.31. The number of esters is 2. The number of rotatable bonds is 4. The largest absolute Gasteiger partial charge is 0.490 e. The van der Waals surface area contributed by atoms with Crippen molar-refractivity contribution >= 4 is 23.5 Å². The topological polar surface area (TPSA) is 73.9 Å². The first-order valence-corrected chi connectivity index (χ1v) is 8.78. The van der Waals surface area contributed by atoms with Gasteiger partial charge in [-0.1, -0.05) is 29.8 Å². The molecular formula is C19H20ClNO5. The quantitative estimate of drug-likeness (QED) is 0.813. The summed E-state index contributed by atoms with van der Waals surface area (Å²) in [5.74, 6) is -1.92. The highest BCUT2D eigenvalue weighted by atomic mass is 35.5. The van der Waals surface area contributed by atoms with Crippen molar-refractivity contribution in [3.8, 4) is 0 Å². The van der Waals surface area contributed by atoms with Gasteiger partial charge >= 0.3 is 11.9 Å². The van der Waals surface area contributed by atoms with Crippen molar-refractivity contribution in [2.75, 3.05) is 26.9 Å². The average Bonchev–Trinajstić information content (AvgIpc) is 2.66. The highest BCUT2D eigenvalue weighted by Crippen LogP contribution is 2.44. The zero-order valence-corrected chi connectivity index (χ0v) is 15.3. The minimum absolute atomic E-state index is 0.216. The van der Waals surface area contributed by atoms with Gasteiger partial charge in [0, 0.05) is 17.5 Å². The van der Waals surface area contributed by atoms with E-state index in [2.05, 4.69) is 5.32 Å². The highest BCUT2D eigenvalue weighted by Gasteiger charge is 2.43. The molecule has 1 aliphatic carbocycles. The molecular weight excluding hydrogens is 358 g/mol. The first kappa shape index (κ1) is 18.3. The van der Waals surface area contributed by atoms with Crippen LogP contribution >= 0.6 is 11.6 Å². The summed E-state index contributed by atoms with van der Waals surface area (Å²) in [6.07, 6.45) is 1.68. The SMILES string of the molecule is CCOC(=O)C1=C2NCCOC2=CC(C(=O)OC)C1c1ccccc1Cl. The summed E-state index contributed by atoms with van der Waals surface area (Å²) in [6, 6.07) is 7.13. The van der Waals surface area contributed by atoms with Crippen LogP contribution in [0.1, 0.15) is 18.4 Å². The Labute approximate surface area is 156 Å². The van der Waals surface area contributed by atoms with E-state index >= 15 is 0 Å². The van der Waals surface area contributed by atoms with Gasteiger partial charge in [-0.25, -0.2) is 4.79 Å². The van der Waals surface area contributed by atoms with Crippen molar-refractivity contribution < 1.29 is 23.8 Å². The summed E-state index contributed by atoms with van der Waals surface area (Å²) >= 11 is 6.39. The lowest BCUT2D eigenvalue weighted by molar-refractivity contribution is -0.144. The zero-order chi connectivity index (χ0) is 18.7. The van der Waals surface area contributed by atoms with E-state index in [4.69, 9.17) is 25.8 Å². The van der Waals surface area contributed by atoms with Crippen LogP contribution < -0.4 is 5.32 Å². The Kier molecular flexibility index (Phi) is 5.52. The van der Waals surface area contributed by atoms with Gasteiger partial charge in [-0.3, -0.25) is 4.79 Å². The lowest BCUT2D eigenvalue weighted by Crippen LogP contribution is -2.38. The Morgan fingerprint density at radius 3 is 2.81 bits per heavy atom. The predicted molar refractivity (Wildman–Crippen MR) is 95.4 cm³/mol. The molecule has 0 aromatic heterocycles. The predicted octanol–water partition coefficient (Wildman–Crippen LogP) is 2.55. The smallest absolute Gasteiger partial charge is 0.336 e. The number of halogens is 1. The van der Waals surface area contributed by atoms with Gasteiger partial charge in [-0.2, -0.15) is 0 Å². The number of methoxy groups -OCH3 is 1. The molecule has 3 rings (SSSR count). The molecule has 1 heterocycles. The standard InChI is InChI=1S/C19H20ClNO5/c1-3-25-19(23)16-15(11-6-4-5-7-13(11)20)12(18(22)24-2)10-14-17(16)21-8-9-26-14/h4-7,10,12,15,21H,3,8-9H2,1-2H3. The van der Waals surface area contributed by atoms with Crippen LogP contribution in [0, 0.1) is 5.92 Å². The van der Waals surface area contributed by atoms with Gasteiger partial charge in [0.1, 0.15) is 12.4 Å². The number of hydrogen-bond acceptors (Lipinski definition) is 6. The molecule has 0 radical (unpaired) electrons. The second kappa shape index (κ2) is 7.83. The molecule has 2 unspecified atom stereocenters. The molecule has 6 nitrogen and oxygen atoms in total. The summed E-state index contributed by atoms with van der Waals surface area (Å²) in [4.78, 5) is 25.3. The Bertz CT molecular complexity index is 786. The molecule has 138 valence electrons. The number of carbonyl (C=O) groups excluding carboxylic acids is 2. The van der Waals surface area contributed by atoms with E-state index in [-0.39, 0.29) is 6.61 Å². The maximum atomic E-state index is 12.8. The second-order valence-corrected chi connectivity index (χ2v) is 6.27. The molecule has 2 aliphatic rings. The van der Waals surface area contributed by atoms with E-state index in [1.54, 1.807) is 31.2 Å². The summed E-state index contributed by atoms with van der Waals surface area (Å²) in [7, 11) is 1.31. The number of nitrogens with one attached hydrogen (secondary N) is 1. The van der Waals surface area contributed by atoms with Crippen LogP contribution in [0.25, 0.3) is 0 Å². The lowest BCUT2D eigenvalue weighted by atomic mass is 9.75. The van der Waals surface area contributed by atoms with Crippen molar-refractivity contribution in [3.63, 3.8) is 0 Å². The van der Waals surface area contributed by atoms with Crippen LogP contribution in [0.2, 0.25) is 5.02 Å². The van der Waals surface area contributed by atoms with Crippen molar-refractivity contribution in [2.45, 2.75) is 12.8 Å². The van der Waals surface area contributed by atoms with Crippen molar-refractivity contribution in [3.05, 3.63) is 58.0 Å². The fourth-order valence-electron chi connectivity index (χ4n) is 3.30. The fraction of sp³-hybridized carbons (Fsp3) is 0.368. The molecule has 0 bridgehead atoms. The van der Waals surface area contributed by atoms with Crippen LogP contribution in [-0.4, -0.2) is 38.8 Å². The van der Waals surface area contributed by atoms with E-state index in [0.29, 0.717) is 40.8 Å². The first-order chi connectivity index (χ1) is 12.6. The monoisotopic (exact) mass is 377 g/mol. The van der Waals surface area contributed by atoms with Gasteiger partial charge in [-0.15, -0.1) is 0 Å². The Morgan fingerprint density at radius 2 is 2.12 bits per heavy atom. The fourth-order valence-corrected chi connectivity index (χ4v) is 3.56. The summed E-state index contributed by atoms with van der Waals surface area (Å²) < 4.78 is 15.9. The molecule has 1 aromatic rings. The molecule has 2 atom stereocenters. The number of benzene rings is 1. The maximum absolute atomic E-state index is 12.8. The van der Waals surface area contributed by atoms with Crippen molar-refractivity contribution in [1.82, 2.24) is 5.32 Å². The van der Waals surface area contributed by atoms with Crippen LogP contribution in [-0.2, 0) is 23.8 Å². The van der Waals surface area contributed by atoms with Gasteiger partial charge in [0.15, 0.2) is 0 Å². The van der Waals surface area contributed by atoms with Gasteiger partial charge in [0.05, 0.1) is 30.9 Å². The lowest BCUT2D eigenvalue weighted by Gasteiger charge is -2.35. The molecule has 1 aromatic carbocycles. The van der Waals surface area contributed by atoms with Crippen molar-refractivity contribution in [2.24, 2.45) is 5.92 Å². The van der Waals surface area contributed by atoms with Crippen molar-refractivity contribution in [1.29, 1.82) is 0 Å². The van der Waals surface area contributed by atoms with Gasteiger partial charge in [0.2, 0.25) is 0 Å². The minimum Gasteiger partial charge on any atom is -0.490 e. The van der Waals surface area contributed by atoms with Gasteiger partial charge in [0.25, 0.3) is 0 Å². The Morgan fingerprint density at radius 1 is 1.35 bits per heavy atom. The average molecular weight is 378 g/mol. The molecule has 1 aliphatic heterocycles. The van der Waals surface area contributed by atoms with Crippen LogP contribution in [0.15, 0.2) is 47.4 Å². The second-order valence-electron chi connectivity index (χ2n) is 5.86. The number of carbonyl (C=O) groups is 2. The number of morpholine rings is 1. The summed E-state index contributed by atoms with van der Waals surface area (Å²) in [5, 5.41) is 3.66. The molecule has 0 spiro atoms. The van der Waals surface area contributed by atoms with Crippen LogP contribution in [0.3, 0.4) is 0 Å². The molecule has 0 amide bonds. The molecule has 0 saturated carbocycles. The minimum atomic E-state index is -0.752. The van der Waals surface area contributed by atoms with E-state index < -0.39 is 23.8 Å². The Balaban J connectivity index is 2.21. The Hall–Kier alpha value is -2.47. The maximum Gasteiger partial charge on any atom is 0.336 e. The van der Waals surface area contributed by atoms with Gasteiger partial charge < -0.3 is 19.5 Å². The normalized spacial score (nSPS) is 21.7. The molecule has 1 fully saturated rings. The summed E-state index contributed by atoms with van der Waals surface area (Å²) in [6.45, 7) is 2.94. The third-order valence-electron chi connectivity index (χ3n) is 4.39. The van der Waals surface area contributed by atoms with Gasteiger partial charge in [-0.05, 0) is 24.6 Å². The number of fused-ring (bicyclic) bond motifs is 1. The molecule has 1 N–H and O–H groups in total. The summed E-state index contributed by atoms with van der Waals surface area (Å²) in [5.41, 5.74) is 1.52. The molecule has 7 heteroatoms. The van der Waals surface area contributed by atoms with E-state index in [1.165, 1.54) is 7.11 Å². The molecule has 26 heavy (non-hydrogen) atoms. The first-order valence-electron chi connectivity index (χ1n) is 8.40. The number of ether oxygens (including phenoxy) is 3. The van der Waals surface area contributed by atoms with E-state index in [0.717, 1.165) is 0 Å². The molecule has 1 saturated heterocycles. The van der Waals surface area contributed by atoms with Crippen LogP contribution in [0.4, 0.5) is 0 Å². The third kappa shape index (κ3) is 3.29. The van der Waals surface area contributed by atoms with Crippen LogP contribution in [0.5, 0.6) is 0 Å². The van der Waals surface area contributed by atoms with E-state index in [9.17, 15) is 9.59 Å².